The summed E-state index contributed by atoms with van der Waals surface area (Å²) in [6, 6.07) is 0.292. The highest BCUT2D eigenvalue weighted by atomic mass is 127. The zero-order chi connectivity index (χ0) is 17.4. The van der Waals surface area contributed by atoms with E-state index < -0.39 is 0 Å². The van der Waals surface area contributed by atoms with E-state index in [0.29, 0.717) is 12.5 Å². The average molecular weight is 462 g/mol. The normalized spacial score (nSPS) is 17.3. The van der Waals surface area contributed by atoms with E-state index in [4.69, 9.17) is 0 Å². The minimum Gasteiger partial charge on any atom is -0.356 e. The fourth-order valence-corrected chi connectivity index (χ4v) is 2.97. The van der Waals surface area contributed by atoms with Crippen LogP contribution in [-0.4, -0.2) is 59.0 Å². The number of imidazole rings is 1. The van der Waals surface area contributed by atoms with Crippen LogP contribution in [0.4, 0.5) is 0 Å². The molecule has 2 heterocycles. The van der Waals surface area contributed by atoms with Crippen molar-refractivity contribution in [3.05, 3.63) is 18.2 Å². The van der Waals surface area contributed by atoms with Crippen molar-refractivity contribution in [2.75, 3.05) is 26.7 Å². The molecule has 1 unspecified atom stereocenters. The van der Waals surface area contributed by atoms with Gasteiger partial charge in [0.15, 0.2) is 5.96 Å². The first-order chi connectivity index (χ1) is 11.6. The van der Waals surface area contributed by atoms with Crippen molar-refractivity contribution in [1.29, 1.82) is 0 Å². The summed E-state index contributed by atoms with van der Waals surface area (Å²) in [6.45, 7) is 7.43. The maximum absolute atomic E-state index is 11.7. The number of halogens is 1. The van der Waals surface area contributed by atoms with Crippen LogP contribution in [0, 0.1) is 6.92 Å². The molecule has 0 saturated carbocycles. The lowest BCUT2D eigenvalue weighted by atomic mass is 10.2. The number of nitrogens with one attached hydrogen (secondary N) is 2. The maximum Gasteiger partial charge on any atom is 0.222 e. The van der Waals surface area contributed by atoms with Gasteiger partial charge in [-0.3, -0.25) is 9.79 Å². The van der Waals surface area contributed by atoms with Crippen LogP contribution < -0.4 is 10.6 Å². The Kier molecular flexibility index (Phi) is 9.84. The molecule has 1 aromatic heterocycles. The molecule has 2 N–H and O–H groups in total. The second-order valence-electron chi connectivity index (χ2n) is 6.20. The van der Waals surface area contributed by atoms with E-state index >= 15 is 0 Å². The lowest BCUT2D eigenvalue weighted by molar-refractivity contribution is -0.129. The van der Waals surface area contributed by atoms with Gasteiger partial charge in [-0.05, 0) is 26.2 Å². The Morgan fingerprint density at radius 3 is 2.88 bits per heavy atom. The highest BCUT2D eigenvalue weighted by molar-refractivity contribution is 14.0. The molecule has 0 spiro atoms. The Hall–Kier alpha value is -1.32. The summed E-state index contributed by atoms with van der Waals surface area (Å²) in [5.41, 5.74) is 0. The minimum absolute atomic E-state index is 0. The minimum atomic E-state index is 0. The number of carbonyl (C=O) groups excluding carboxylic acids is 1. The van der Waals surface area contributed by atoms with Gasteiger partial charge >= 0.3 is 0 Å². The number of amides is 1. The Balaban J connectivity index is 0.00000312. The third kappa shape index (κ3) is 6.83. The van der Waals surface area contributed by atoms with Gasteiger partial charge in [-0.15, -0.1) is 24.0 Å². The fraction of sp³-hybridized carbons (Fsp3) is 0.706. The second-order valence-corrected chi connectivity index (χ2v) is 6.20. The fourth-order valence-electron chi connectivity index (χ4n) is 2.97. The highest BCUT2D eigenvalue weighted by Gasteiger charge is 2.25. The first-order valence-corrected chi connectivity index (χ1v) is 8.86. The SMILES string of the molecule is CCC(=O)N1CCC(NC(=NC)NCCCCn2ccnc2C)C1.I. The highest BCUT2D eigenvalue weighted by Crippen LogP contribution is 2.10. The number of guanidine groups is 1. The molecule has 0 bridgehead atoms. The van der Waals surface area contributed by atoms with E-state index in [2.05, 4.69) is 25.2 Å². The largest absolute Gasteiger partial charge is 0.356 e. The van der Waals surface area contributed by atoms with Gasteiger partial charge in [0.05, 0.1) is 0 Å². The van der Waals surface area contributed by atoms with Crippen molar-refractivity contribution in [3.8, 4) is 0 Å². The molecule has 1 aliphatic rings. The summed E-state index contributed by atoms with van der Waals surface area (Å²) >= 11 is 0. The zero-order valence-electron chi connectivity index (χ0n) is 15.5. The number of rotatable bonds is 7. The molecule has 1 amide bonds. The van der Waals surface area contributed by atoms with Crippen LogP contribution in [0.25, 0.3) is 0 Å². The van der Waals surface area contributed by atoms with Crippen LogP contribution in [0.2, 0.25) is 0 Å². The molecular formula is C17H31IN6O. The Morgan fingerprint density at radius 2 is 2.24 bits per heavy atom. The third-order valence-electron chi connectivity index (χ3n) is 4.45. The summed E-state index contributed by atoms with van der Waals surface area (Å²) in [6.07, 6.45) is 7.59. The summed E-state index contributed by atoms with van der Waals surface area (Å²) in [5, 5.41) is 6.78. The molecule has 0 radical (unpaired) electrons. The van der Waals surface area contributed by atoms with E-state index in [-0.39, 0.29) is 29.9 Å². The number of hydrogen-bond acceptors (Lipinski definition) is 3. The maximum atomic E-state index is 11.7. The molecule has 8 heteroatoms. The predicted molar refractivity (Wildman–Crippen MR) is 111 cm³/mol. The van der Waals surface area contributed by atoms with Crippen LogP contribution >= 0.6 is 24.0 Å². The zero-order valence-corrected chi connectivity index (χ0v) is 17.8. The Bertz CT molecular complexity index is 559. The summed E-state index contributed by atoms with van der Waals surface area (Å²) in [4.78, 5) is 22.2. The van der Waals surface area contributed by atoms with Crippen LogP contribution in [-0.2, 0) is 11.3 Å². The molecule has 2 rings (SSSR count). The quantitative estimate of drug-likeness (QED) is 0.280. The first kappa shape index (κ1) is 21.7. The van der Waals surface area contributed by atoms with Crippen LogP contribution in [0.1, 0.15) is 38.4 Å². The van der Waals surface area contributed by atoms with Crippen LogP contribution in [0.15, 0.2) is 17.4 Å². The van der Waals surface area contributed by atoms with Crippen LogP contribution in [0.5, 0.6) is 0 Å². The summed E-state index contributed by atoms with van der Waals surface area (Å²) in [7, 11) is 1.79. The predicted octanol–water partition coefficient (Wildman–Crippen LogP) is 1.77. The lowest BCUT2D eigenvalue weighted by Gasteiger charge is -2.18. The van der Waals surface area contributed by atoms with Gasteiger partial charge in [0.1, 0.15) is 5.82 Å². The number of aliphatic imine (C=N–C) groups is 1. The molecule has 7 nitrogen and oxygen atoms in total. The lowest BCUT2D eigenvalue weighted by Crippen LogP contribution is -2.45. The summed E-state index contributed by atoms with van der Waals surface area (Å²) < 4.78 is 2.17. The first-order valence-electron chi connectivity index (χ1n) is 8.86. The van der Waals surface area contributed by atoms with E-state index in [0.717, 1.165) is 57.2 Å². The van der Waals surface area contributed by atoms with Gasteiger partial charge in [0, 0.05) is 58.1 Å². The second kappa shape index (κ2) is 11.3. The summed E-state index contributed by atoms with van der Waals surface area (Å²) in [5.74, 6) is 2.12. The van der Waals surface area contributed by atoms with Gasteiger partial charge in [-0.25, -0.2) is 4.98 Å². The smallest absolute Gasteiger partial charge is 0.222 e. The molecule has 1 atom stereocenters. The molecule has 142 valence electrons. The van der Waals surface area contributed by atoms with Crippen molar-refractivity contribution in [1.82, 2.24) is 25.1 Å². The monoisotopic (exact) mass is 462 g/mol. The molecule has 1 aromatic rings. The molecule has 0 aromatic carbocycles. The van der Waals surface area contributed by atoms with Gasteiger partial charge in [-0.2, -0.15) is 0 Å². The number of carbonyl (C=O) groups is 1. The standard InChI is InChI=1S/C17H30N6O.HI/c1-4-16(24)23-11-7-15(13-23)21-17(18-3)20-8-5-6-10-22-12-9-19-14(22)2;/h9,12,15H,4-8,10-11,13H2,1-3H3,(H2,18,20,21);1H. The van der Waals surface area contributed by atoms with Gasteiger partial charge < -0.3 is 20.1 Å². The molecular weight excluding hydrogens is 431 g/mol. The van der Waals surface area contributed by atoms with E-state index in [1.165, 1.54) is 0 Å². The topological polar surface area (TPSA) is 74.6 Å². The third-order valence-corrected chi connectivity index (χ3v) is 4.45. The molecule has 1 fully saturated rings. The van der Waals surface area contributed by atoms with Gasteiger partial charge in [0.25, 0.3) is 0 Å². The Labute approximate surface area is 167 Å². The molecule has 1 aliphatic heterocycles. The van der Waals surface area contributed by atoms with E-state index in [1.54, 1.807) is 7.05 Å². The van der Waals surface area contributed by atoms with Crippen molar-refractivity contribution >= 4 is 35.8 Å². The van der Waals surface area contributed by atoms with Crippen molar-refractivity contribution in [2.24, 2.45) is 4.99 Å². The van der Waals surface area contributed by atoms with Crippen molar-refractivity contribution < 1.29 is 4.79 Å². The number of likely N-dealkylation sites (tertiary alicyclic amines) is 1. The van der Waals surface area contributed by atoms with E-state index in [9.17, 15) is 4.79 Å². The molecule has 0 aliphatic carbocycles. The number of nitrogens with zero attached hydrogens (tertiary/aromatic N) is 4. The average Bonchev–Trinajstić information content (AvgIpc) is 3.22. The van der Waals surface area contributed by atoms with Crippen molar-refractivity contribution in [3.63, 3.8) is 0 Å². The number of aromatic nitrogens is 2. The molecule has 25 heavy (non-hydrogen) atoms. The molecule has 1 saturated heterocycles. The Morgan fingerprint density at radius 1 is 1.44 bits per heavy atom. The number of unbranched alkanes of at least 4 members (excludes halogenated alkanes) is 1. The number of aryl methyl sites for hydroxylation is 2. The number of hydrogen-bond donors (Lipinski definition) is 2. The van der Waals surface area contributed by atoms with E-state index in [1.807, 2.05) is 31.1 Å². The van der Waals surface area contributed by atoms with Crippen molar-refractivity contribution in [2.45, 2.75) is 52.1 Å². The van der Waals surface area contributed by atoms with Gasteiger partial charge in [0.2, 0.25) is 5.91 Å². The van der Waals surface area contributed by atoms with Gasteiger partial charge in [-0.1, -0.05) is 6.92 Å². The van der Waals surface area contributed by atoms with Crippen LogP contribution in [0.3, 0.4) is 0 Å².